The molecule has 0 aromatic heterocycles. The van der Waals surface area contributed by atoms with Gasteiger partial charge >= 0.3 is 7.60 Å². The van der Waals surface area contributed by atoms with Crippen molar-refractivity contribution in [1.82, 2.24) is 10.6 Å². The van der Waals surface area contributed by atoms with Crippen LogP contribution in [0.1, 0.15) is 27.2 Å². The average molecular weight is 294 g/mol. The summed E-state index contributed by atoms with van der Waals surface area (Å²) in [4.78, 5) is 11.6. The monoisotopic (exact) mass is 294 g/mol. The Balaban J connectivity index is 3.57. The molecule has 0 unspecified atom stereocenters. The minimum absolute atomic E-state index is 0.0516. The zero-order valence-electron chi connectivity index (χ0n) is 12.6. The van der Waals surface area contributed by atoms with Gasteiger partial charge < -0.3 is 19.7 Å². The van der Waals surface area contributed by atoms with E-state index in [1.165, 1.54) is 14.2 Å². The van der Waals surface area contributed by atoms with Gasteiger partial charge in [0.25, 0.3) is 0 Å². The van der Waals surface area contributed by atoms with E-state index in [9.17, 15) is 9.36 Å². The summed E-state index contributed by atoms with van der Waals surface area (Å²) >= 11 is 0. The van der Waals surface area contributed by atoms with Crippen molar-refractivity contribution in [3.05, 3.63) is 0 Å². The van der Waals surface area contributed by atoms with Crippen molar-refractivity contribution in [3.8, 4) is 0 Å². The summed E-state index contributed by atoms with van der Waals surface area (Å²) in [6.45, 7) is 7.59. The van der Waals surface area contributed by atoms with Gasteiger partial charge in [-0.25, -0.2) is 0 Å². The maximum Gasteiger partial charge on any atom is 0.331 e. The summed E-state index contributed by atoms with van der Waals surface area (Å²) in [7, 11) is -0.144. The van der Waals surface area contributed by atoms with Gasteiger partial charge in [0.1, 0.15) is 0 Å². The van der Waals surface area contributed by atoms with Crippen molar-refractivity contribution >= 4 is 13.5 Å². The van der Waals surface area contributed by atoms with Crippen LogP contribution in [0.5, 0.6) is 0 Å². The van der Waals surface area contributed by atoms with E-state index < -0.39 is 7.60 Å². The maximum atomic E-state index is 11.7. The number of nitrogens with one attached hydrogen (secondary N) is 2. The van der Waals surface area contributed by atoms with Gasteiger partial charge in [0, 0.05) is 32.7 Å². The molecule has 0 aliphatic carbocycles. The fourth-order valence-corrected chi connectivity index (χ4v) is 2.22. The van der Waals surface area contributed by atoms with Crippen LogP contribution in [0.25, 0.3) is 0 Å². The maximum absolute atomic E-state index is 11.7. The molecule has 0 radical (unpaired) electrons. The molecule has 0 bridgehead atoms. The van der Waals surface area contributed by atoms with Crippen molar-refractivity contribution in [2.75, 3.05) is 40.0 Å². The second-order valence-corrected chi connectivity index (χ2v) is 7.71. The van der Waals surface area contributed by atoms with Crippen molar-refractivity contribution < 1.29 is 18.4 Å². The molecule has 0 saturated carbocycles. The summed E-state index contributed by atoms with van der Waals surface area (Å²) < 4.78 is 21.3. The molecule has 0 aromatic rings. The molecule has 7 heteroatoms. The molecule has 0 aliphatic heterocycles. The van der Waals surface area contributed by atoms with Gasteiger partial charge in [-0.1, -0.05) is 20.8 Å². The Bertz CT molecular complexity index is 307. The second kappa shape index (κ2) is 8.69. The van der Waals surface area contributed by atoms with E-state index >= 15 is 0 Å². The van der Waals surface area contributed by atoms with Crippen LogP contribution in [0, 0.1) is 5.41 Å². The predicted octanol–water partition coefficient (Wildman–Crippen LogP) is 1.61. The summed E-state index contributed by atoms with van der Waals surface area (Å²) in [5.74, 6) is 0.0516. The average Bonchev–Trinajstić information content (AvgIpc) is 2.35. The van der Waals surface area contributed by atoms with Crippen molar-refractivity contribution in [2.24, 2.45) is 5.41 Å². The zero-order valence-corrected chi connectivity index (χ0v) is 13.5. The zero-order chi connectivity index (χ0) is 14.9. The van der Waals surface area contributed by atoms with E-state index in [1.54, 1.807) is 0 Å². The first-order valence-corrected chi connectivity index (χ1v) is 8.17. The van der Waals surface area contributed by atoms with E-state index in [1.807, 2.05) is 20.8 Å². The van der Waals surface area contributed by atoms with Crippen LogP contribution in [0.3, 0.4) is 0 Å². The fourth-order valence-electron chi connectivity index (χ4n) is 1.28. The molecular weight excluding hydrogens is 267 g/mol. The van der Waals surface area contributed by atoms with Crippen LogP contribution in [-0.2, 0) is 18.4 Å². The first kappa shape index (κ1) is 18.6. The minimum atomic E-state index is -2.91. The lowest BCUT2D eigenvalue weighted by molar-refractivity contribution is -0.128. The highest BCUT2D eigenvalue weighted by Crippen LogP contribution is 2.45. The van der Waals surface area contributed by atoms with Gasteiger partial charge in [0.05, 0.1) is 6.16 Å². The Labute approximate surface area is 116 Å². The van der Waals surface area contributed by atoms with E-state index in [4.69, 9.17) is 9.05 Å². The summed E-state index contributed by atoms with van der Waals surface area (Å²) in [6, 6.07) is 0. The summed E-state index contributed by atoms with van der Waals surface area (Å²) in [5.41, 5.74) is -0.350. The summed E-state index contributed by atoms with van der Waals surface area (Å²) in [5, 5.41) is 6.01. The molecule has 0 aromatic carbocycles. The van der Waals surface area contributed by atoms with Crippen molar-refractivity contribution in [1.29, 1.82) is 0 Å². The molecule has 19 heavy (non-hydrogen) atoms. The Morgan fingerprint density at radius 3 is 2.16 bits per heavy atom. The molecule has 2 N–H and O–H groups in total. The van der Waals surface area contributed by atoms with Gasteiger partial charge in [0.2, 0.25) is 5.91 Å². The Morgan fingerprint density at radius 2 is 1.68 bits per heavy atom. The molecule has 0 heterocycles. The number of hydrogen-bond donors (Lipinski definition) is 2. The standard InChI is InChI=1S/C12H27N2O4P/c1-12(2,3)11(15)14-8-6-7-13-9-10-19(16,17-4)18-5/h13H,6-10H2,1-5H3,(H,14,15). The second-order valence-electron chi connectivity index (χ2n) is 5.31. The number of amides is 1. The predicted molar refractivity (Wildman–Crippen MR) is 76.4 cm³/mol. The Hall–Kier alpha value is -0.420. The number of carbonyl (C=O) groups is 1. The molecule has 0 fully saturated rings. The van der Waals surface area contributed by atoms with E-state index in [2.05, 4.69) is 10.6 Å². The van der Waals surface area contributed by atoms with Gasteiger partial charge in [-0.3, -0.25) is 9.36 Å². The van der Waals surface area contributed by atoms with Crippen molar-refractivity contribution in [3.63, 3.8) is 0 Å². The largest absolute Gasteiger partial charge is 0.356 e. The SMILES string of the molecule is COP(=O)(CCNCCCNC(=O)C(C)(C)C)OC. The normalized spacial score (nSPS) is 12.5. The van der Waals surface area contributed by atoms with Crippen LogP contribution in [-0.4, -0.2) is 45.9 Å². The van der Waals surface area contributed by atoms with Crippen LogP contribution < -0.4 is 10.6 Å². The lowest BCUT2D eigenvalue weighted by Crippen LogP contribution is -2.36. The molecule has 114 valence electrons. The van der Waals surface area contributed by atoms with Crippen LogP contribution >= 0.6 is 7.60 Å². The minimum Gasteiger partial charge on any atom is -0.356 e. The Morgan fingerprint density at radius 1 is 1.11 bits per heavy atom. The molecular formula is C12H27N2O4P. The third kappa shape index (κ3) is 8.37. The van der Waals surface area contributed by atoms with Crippen LogP contribution in [0.15, 0.2) is 0 Å². The van der Waals surface area contributed by atoms with Gasteiger partial charge in [-0.2, -0.15) is 0 Å². The molecule has 0 rings (SSSR count). The molecule has 0 spiro atoms. The lowest BCUT2D eigenvalue weighted by atomic mass is 9.96. The fraction of sp³-hybridized carbons (Fsp3) is 0.917. The van der Waals surface area contributed by atoms with E-state index in [0.717, 1.165) is 13.0 Å². The lowest BCUT2D eigenvalue weighted by Gasteiger charge is -2.17. The van der Waals surface area contributed by atoms with Crippen molar-refractivity contribution in [2.45, 2.75) is 27.2 Å². The molecule has 1 amide bonds. The molecule has 0 aliphatic rings. The van der Waals surface area contributed by atoms with Gasteiger partial charge in [-0.05, 0) is 13.0 Å². The number of carbonyl (C=O) groups excluding carboxylic acids is 1. The topological polar surface area (TPSA) is 76.7 Å². The quantitative estimate of drug-likeness (QED) is 0.499. The number of rotatable bonds is 9. The molecule has 0 saturated heterocycles. The highest BCUT2D eigenvalue weighted by Gasteiger charge is 2.20. The van der Waals surface area contributed by atoms with E-state index in [0.29, 0.717) is 19.3 Å². The third-order valence-electron chi connectivity index (χ3n) is 2.62. The van der Waals surface area contributed by atoms with Gasteiger partial charge in [0.15, 0.2) is 0 Å². The number of hydrogen-bond acceptors (Lipinski definition) is 5. The van der Waals surface area contributed by atoms with Crippen LogP contribution in [0.2, 0.25) is 0 Å². The third-order valence-corrected chi connectivity index (χ3v) is 4.50. The first-order chi connectivity index (χ1) is 8.75. The first-order valence-electron chi connectivity index (χ1n) is 6.45. The summed E-state index contributed by atoms with van der Waals surface area (Å²) in [6.07, 6.45) is 1.17. The molecule has 6 nitrogen and oxygen atoms in total. The highest BCUT2D eigenvalue weighted by atomic mass is 31.2. The Kier molecular flexibility index (Phi) is 8.50. The molecule has 0 atom stereocenters. The van der Waals surface area contributed by atoms with E-state index in [-0.39, 0.29) is 11.3 Å². The van der Waals surface area contributed by atoms with Gasteiger partial charge in [-0.15, -0.1) is 0 Å². The van der Waals surface area contributed by atoms with Crippen LogP contribution in [0.4, 0.5) is 0 Å². The highest BCUT2D eigenvalue weighted by molar-refractivity contribution is 7.53. The smallest absolute Gasteiger partial charge is 0.331 e.